The largest absolute Gasteiger partial charge is 0.497 e. The van der Waals surface area contributed by atoms with Gasteiger partial charge in [-0.05, 0) is 56.4 Å². The number of rotatable bonds is 7. The second kappa shape index (κ2) is 8.20. The van der Waals surface area contributed by atoms with Crippen LogP contribution in [0.1, 0.15) is 38.2 Å². The van der Waals surface area contributed by atoms with Crippen molar-refractivity contribution < 1.29 is 19.4 Å². The molecule has 1 fully saturated rings. The van der Waals surface area contributed by atoms with Crippen molar-refractivity contribution in [1.29, 1.82) is 0 Å². The highest BCUT2D eigenvalue weighted by Crippen LogP contribution is 2.33. The zero-order chi connectivity index (χ0) is 17.6. The summed E-state index contributed by atoms with van der Waals surface area (Å²) in [5, 5.41) is 9.08. The van der Waals surface area contributed by atoms with Crippen molar-refractivity contribution in [1.82, 2.24) is 4.90 Å². The Morgan fingerprint density at radius 3 is 2.54 bits per heavy atom. The van der Waals surface area contributed by atoms with Gasteiger partial charge >= 0.3 is 0 Å². The van der Waals surface area contributed by atoms with Gasteiger partial charge in [0.05, 0.1) is 14.2 Å². The van der Waals surface area contributed by atoms with Crippen molar-refractivity contribution >= 4 is 12.0 Å². The zero-order valence-corrected chi connectivity index (χ0v) is 14.7. The number of amides is 1. The van der Waals surface area contributed by atoms with Crippen LogP contribution in [0.5, 0.6) is 11.5 Å². The number of methoxy groups -OCH3 is 2. The number of aliphatic hydroxyl groups excluding tert-OH is 1. The van der Waals surface area contributed by atoms with E-state index in [0.717, 1.165) is 37.8 Å². The van der Waals surface area contributed by atoms with E-state index in [1.54, 1.807) is 32.4 Å². The van der Waals surface area contributed by atoms with Gasteiger partial charge in [-0.15, -0.1) is 0 Å². The van der Waals surface area contributed by atoms with E-state index in [1.165, 1.54) is 0 Å². The van der Waals surface area contributed by atoms with Crippen molar-refractivity contribution in [3.05, 3.63) is 29.8 Å². The number of carbonyl (C=O) groups excluding carboxylic acids is 1. The van der Waals surface area contributed by atoms with Gasteiger partial charge in [0.1, 0.15) is 11.5 Å². The molecule has 1 aliphatic rings. The molecule has 0 aromatic heterocycles. The lowest BCUT2D eigenvalue weighted by molar-refractivity contribution is -0.129. The quantitative estimate of drug-likeness (QED) is 0.780. The summed E-state index contributed by atoms with van der Waals surface area (Å²) >= 11 is 0. The van der Waals surface area contributed by atoms with E-state index in [2.05, 4.69) is 6.92 Å². The maximum atomic E-state index is 12.6. The van der Waals surface area contributed by atoms with Crippen molar-refractivity contribution in [2.24, 2.45) is 0 Å². The average Bonchev–Trinajstić information content (AvgIpc) is 2.99. The van der Waals surface area contributed by atoms with Crippen LogP contribution in [0.4, 0.5) is 0 Å². The highest BCUT2D eigenvalue weighted by molar-refractivity contribution is 5.92. The van der Waals surface area contributed by atoms with E-state index in [0.29, 0.717) is 11.5 Å². The lowest BCUT2D eigenvalue weighted by atomic mass is 9.93. The molecule has 2 rings (SSSR count). The van der Waals surface area contributed by atoms with Gasteiger partial charge in [-0.1, -0.05) is 0 Å². The van der Waals surface area contributed by atoms with Crippen LogP contribution in [0.2, 0.25) is 0 Å². The second-order valence-electron chi connectivity index (χ2n) is 6.40. The molecule has 1 aliphatic heterocycles. The molecule has 1 heterocycles. The fourth-order valence-corrected chi connectivity index (χ4v) is 3.30. The SMILES string of the molecule is COc1cc(C=CC(=O)N2CCCC2(C)CCCO)cc(OC)c1. The highest BCUT2D eigenvalue weighted by Gasteiger charge is 2.37. The molecule has 1 unspecified atom stereocenters. The fraction of sp³-hybridized carbons (Fsp3) is 0.526. The van der Waals surface area contributed by atoms with Crippen LogP contribution < -0.4 is 9.47 Å². The van der Waals surface area contributed by atoms with Crippen LogP contribution >= 0.6 is 0 Å². The zero-order valence-electron chi connectivity index (χ0n) is 14.7. The van der Waals surface area contributed by atoms with Crippen molar-refractivity contribution in [3.8, 4) is 11.5 Å². The molecule has 5 heteroatoms. The van der Waals surface area contributed by atoms with E-state index in [4.69, 9.17) is 14.6 Å². The molecule has 1 aromatic rings. The molecular formula is C19H27NO4. The minimum Gasteiger partial charge on any atom is -0.497 e. The first-order valence-electron chi connectivity index (χ1n) is 8.36. The monoisotopic (exact) mass is 333 g/mol. The summed E-state index contributed by atoms with van der Waals surface area (Å²) in [6.07, 6.45) is 6.94. The molecule has 1 N–H and O–H groups in total. The summed E-state index contributed by atoms with van der Waals surface area (Å²) < 4.78 is 10.5. The topological polar surface area (TPSA) is 59.0 Å². The summed E-state index contributed by atoms with van der Waals surface area (Å²) in [4.78, 5) is 14.5. The third kappa shape index (κ3) is 4.29. The third-order valence-corrected chi connectivity index (χ3v) is 4.68. The molecule has 1 atom stereocenters. The van der Waals surface area contributed by atoms with Gasteiger partial charge in [0.15, 0.2) is 0 Å². The summed E-state index contributed by atoms with van der Waals surface area (Å²) in [6, 6.07) is 5.52. The number of likely N-dealkylation sites (tertiary alicyclic amines) is 1. The van der Waals surface area contributed by atoms with Crippen LogP contribution in [0.25, 0.3) is 6.08 Å². The Labute approximate surface area is 143 Å². The third-order valence-electron chi connectivity index (χ3n) is 4.68. The predicted molar refractivity (Wildman–Crippen MR) is 94.3 cm³/mol. The normalized spacial score (nSPS) is 20.6. The van der Waals surface area contributed by atoms with Gasteiger partial charge in [-0.2, -0.15) is 0 Å². The van der Waals surface area contributed by atoms with Crippen molar-refractivity contribution in [2.75, 3.05) is 27.4 Å². The molecule has 1 saturated heterocycles. The molecule has 0 radical (unpaired) electrons. The van der Waals surface area contributed by atoms with Crippen LogP contribution in [0, 0.1) is 0 Å². The Bertz CT molecular complexity index is 577. The van der Waals surface area contributed by atoms with E-state index in [-0.39, 0.29) is 18.1 Å². The first-order valence-corrected chi connectivity index (χ1v) is 8.36. The standard InChI is InChI=1S/C19H27NO4/c1-19(9-5-11-21)8-4-10-20(19)18(22)7-6-15-12-16(23-2)14-17(13-15)24-3/h6-7,12-14,21H,4-5,8-11H2,1-3H3. The second-order valence-corrected chi connectivity index (χ2v) is 6.40. The lowest BCUT2D eigenvalue weighted by Crippen LogP contribution is -2.44. The van der Waals surface area contributed by atoms with Crippen molar-refractivity contribution in [3.63, 3.8) is 0 Å². The molecule has 0 spiro atoms. The molecule has 1 aromatic carbocycles. The first-order chi connectivity index (χ1) is 11.5. The van der Waals surface area contributed by atoms with Crippen LogP contribution in [-0.4, -0.2) is 48.8 Å². The van der Waals surface area contributed by atoms with Gasteiger partial charge in [0.2, 0.25) is 5.91 Å². The molecule has 0 saturated carbocycles. The number of nitrogens with zero attached hydrogens (tertiary/aromatic N) is 1. The van der Waals surface area contributed by atoms with E-state index >= 15 is 0 Å². The number of benzene rings is 1. The Balaban J connectivity index is 2.12. The molecule has 5 nitrogen and oxygen atoms in total. The summed E-state index contributed by atoms with van der Waals surface area (Å²) in [5.41, 5.74) is 0.701. The Morgan fingerprint density at radius 2 is 1.96 bits per heavy atom. The Kier molecular flexibility index (Phi) is 6.26. The number of hydrogen-bond acceptors (Lipinski definition) is 4. The molecule has 0 bridgehead atoms. The summed E-state index contributed by atoms with van der Waals surface area (Å²) in [7, 11) is 3.20. The van der Waals surface area contributed by atoms with Gasteiger partial charge in [0, 0.05) is 30.8 Å². The van der Waals surface area contributed by atoms with Gasteiger partial charge in [-0.25, -0.2) is 0 Å². The predicted octanol–water partition coefficient (Wildman–Crippen LogP) is 2.87. The van der Waals surface area contributed by atoms with E-state index < -0.39 is 0 Å². The van der Waals surface area contributed by atoms with E-state index in [9.17, 15) is 4.79 Å². The number of ether oxygens (including phenoxy) is 2. The minimum absolute atomic E-state index is 0.00901. The fourth-order valence-electron chi connectivity index (χ4n) is 3.30. The van der Waals surface area contributed by atoms with Crippen LogP contribution in [0.15, 0.2) is 24.3 Å². The summed E-state index contributed by atoms with van der Waals surface area (Å²) in [6.45, 7) is 3.04. The maximum absolute atomic E-state index is 12.6. The van der Waals surface area contributed by atoms with E-state index in [1.807, 2.05) is 17.0 Å². The highest BCUT2D eigenvalue weighted by atomic mass is 16.5. The van der Waals surface area contributed by atoms with Crippen molar-refractivity contribution in [2.45, 2.75) is 38.1 Å². The van der Waals surface area contributed by atoms with Crippen LogP contribution in [-0.2, 0) is 4.79 Å². The lowest BCUT2D eigenvalue weighted by Gasteiger charge is -2.34. The van der Waals surface area contributed by atoms with Gasteiger partial charge in [-0.3, -0.25) is 4.79 Å². The van der Waals surface area contributed by atoms with Crippen LogP contribution in [0.3, 0.4) is 0 Å². The average molecular weight is 333 g/mol. The first kappa shape index (κ1) is 18.3. The smallest absolute Gasteiger partial charge is 0.247 e. The molecule has 1 amide bonds. The molecule has 24 heavy (non-hydrogen) atoms. The number of aliphatic hydroxyl groups is 1. The molecule has 132 valence electrons. The Morgan fingerprint density at radius 1 is 1.29 bits per heavy atom. The summed E-state index contributed by atoms with van der Waals surface area (Å²) in [5.74, 6) is 1.39. The molecular weight excluding hydrogens is 306 g/mol. The minimum atomic E-state index is -0.157. The number of carbonyl (C=O) groups is 1. The number of hydrogen-bond donors (Lipinski definition) is 1. The molecule has 0 aliphatic carbocycles. The van der Waals surface area contributed by atoms with Gasteiger partial charge < -0.3 is 19.5 Å². The maximum Gasteiger partial charge on any atom is 0.247 e. The van der Waals surface area contributed by atoms with Gasteiger partial charge in [0.25, 0.3) is 0 Å². The Hall–Kier alpha value is -2.01.